The number of amides is 3. The second kappa shape index (κ2) is 15.7. The Bertz CT molecular complexity index is 1570. The molecular weight excluding hydrogens is 586 g/mol. The highest BCUT2D eigenvalue weighted by Crippen LogP contribution is 2.21. The van der Waals surface area contributed by atoms with Crippen LogP contribution in [0.4, 0.5) is 14.5 Å². The molecule has 0 saturated carbocycles. The van der Waals surface area contributed by atoms with E-state index in [1.54, 1.807) is 53.4 Å². The third kappa shape index (κ3) is 9.03. The quantitative estimate of drug-likeness (QED) is 0.173. The number of hydrogen-bond donors (Lipinski definition) is 3. The number of rotatable bonds is 15. The number of nitrogen functional groups attached to an aromatic ring is 1. The summed E-state index contributed by atoms with van der Waals surface area (Å²) in [6.45, 7) is 5.52. The van der Waals surface area contributed by atoms with Crippen LogP contribution in [0.1, 0.15) is 37.8 Å². The van der Waals surface area contributed by atoms with Crippen LogP contribution in [-0.2, 0) is 32.1 Å². The largest absolute Gasteiger partial charge is 0.393 e. The van der Waals surface area contributed by atoms with E-state index in [9.17, 15) is 24.0 Å². The molecule has 0 aliphatic carbocycles. The molecule has 0 aliphatic heterocycles. The first-order valence-electron chi connectivity index (χ1n) is 14.6. The molecule has 0 radical (unpaired) electrons. The van der Waals surface area contributed by atoms with Gasteiger partial charge >= 0.3 is 5.92 Å². The molecule has 1 atom stereocenters. The van der Waals surface area contributed by atoms with Crippen LogP contribution >= 0.6 is 0 Å². The van der Waals surface area contributed by atoms with Crippen molar-refractivity contribution in [2.45, 2.75) is 58.5 Å². The molecule has 3 aromatic rings. The highest BCUT2D eigenvalue weighted by molar-refractivity contribution is 6.10. The zero-order valence-electron chi connectivity index (χ0n) is 25.5. The summed E-state index contributed by atoms with van der Waals surface area (Å²) in [5.41, 5.74) is 6.62. The molecule has 0 fully saturated rings. The lowest BCUT2D eigenvalue weighted by molar-refractivity contribution is -0.160. The third-order valence-corrected chi connectivity index (χ3v) is 7.15. The molecule has 45 heavy (non-hydrogen) atoms. The molecule has 1 heterocycles. The number of alkyl halides is 2. The van der Waals surface area contributed by atoms with E-state index in [4.69, 9.17) is 5.73 Å². The standard InChI is InChI=1S/C32H38F2N6O5/c1-4-39(5-2)27(42)15-10-16-36-31(45)32(33,34)28(43)25(18-22-12-7-6-8-13-22)38-26(41)20-40-29(37-19-24(35)30(40)44)23-14-9-11-21(3)17-23/h6-9,11-14,17,19,25H,4-5,10,15-16,18,20,35H2,1-3H3,(H,36,45)(H,38,41). The van der Waals surface area contributed by atoms with Crippen molar-refractivity contribution in [1.82, 2.24) is 25.1 Å². The summed E-state index contributed by atoms with van der Waals surface area (Å²) in [6, 6.07) is 13.3. The number of ketones is 1. The summed E-state index contributed by atoms with van der Waals surface area (Å²) in [4.78, 5) is 69.8. The Morgan fingerprint density at radius 2 is 1.73 bits per heavy atom. The lowest BCUT2D eigenvalue weighted by Crippen LogP contribution is -2.56. The highest BCUT2D eigenvalue weighted by atomic mass is 19.3. The van der Waals surface area contributed by atoms with Crippen LogP contribution in [0.5, 0.6) is 0 Å². The van der Waals surface area contributed by atoms with Crippen molar-refractivity contribution in [2.24, 2.45) is 0 Å². The normalized spacial score (nSPS) is 11.8. The fourth-order valence-corrected chi connectivity index (χ4v) is 4.73. The van der Waals surface area contributed by atoms with Crippen molar-refractivity contribution in [3.63, 3.8) is 0 Å². The van der Waals surface area contributed by atoms with Gasteiger partial charge in [0.25, 0.3) is 11.5 Å². The van der Waals surface area contributed by atoms with Gasteiger partial charge in [-0.25, -0.2) is 4.98 Å². The molecule has 0 bridgehead atoms. The van der Waals surface area contributed by atoms with E-state index in [-0.39, 0.29) is 43.2 Å². The summed E-state index contributed by atoms with van der Waals surface area (Å²) in [5.74, 6) is -9.18. The summed E-state index contributed by atoms with van der Waals surface area (Å²) in [6.07, 6.45) is 0.953. The van der Waals surface area contributed by atoms with Gasteiger partial charge in [0, 0.05) is 38.0 Å². The Morgan fingerprint density at radius 3 is 2.38 bits per heavy atom. The molecule has 11 nitrogen and oxygen atoms in total. The highest BCUT2D eigenvalue weighted by Gasteiger charge is 2.50. The van der Waals surface area contributed by atoms with Gasteiger partial charge in [0.05, 0.1) is 12.2 Å². The maximum atomic E-state index is 15.2. The zero-order chi connectivity index (χ0) is 33.1. The zero-order valence-corrected chi connectivity index (χ0v) is 25.5. The molecule has 4 N–H and O–H groups in total. The van der Waals surface area contributed by atoms with Gasteiger partial charge < -0.3 is 21.3 Å². The van der Waals surface area contributed by atoms with Crippen LogP contribution in [0.15, 0.2) is 65.6 Å². The number of aryl methyl sites for hydroxylation is 1. The second-order valence-electron chi connectivity index (χ2n) is 10.5. The van der Waals surface area contributed by atoms with Gasteiger partial charge in [0.15, 0.2) is 0 Å². The Kier molecular flexibility index (Phi) is 12.0. The van der Waals surface area contributed by atoms with Gasteiger partial charge in [-0.2, -0.15) is 8.78 Å². The molecule has 0 spiro atoms. The van der Waals surface area contributed by atoms with Gasteiger partial charge in [-0.1, -0.05) is 54.1 Å². The van der Waals surface area contributed by atoms with Crippen LogP contribution in [-0.4, -0.2) is 69.6 Å². The minimum absolute atomic E-state index is 0.0386. The number of nitrogens with two attached hydrogens (primary N) is 1. The lowest BCUT2D eigenvalue weighted by Gasteiger charge is -2.23. The molecule has 1 unspecified atom stereocenters. The van der Waals surface area contributed by atoms with E-state index in [0.29, 0.717) is 24.2 Å². The van der Waals surface area contributed by atoms with Crippen molar-refractivity contribution in [3.8, 4) is 11.4 Å². The molecule has 1 aromatic heterocycles. The summed E-state index contributed by atoms with van der Waals surface area (Å²) < 4.78 is 31.5. The number of carbonyl (C=O) groups is 4. The van der Waals surface area contributed by atoms with E-state index in [1.807, 2.05) is 32.2 Å². The van der Waals surface area contributed by atoms with E-state index in [0.717, 1.165) is 16.3 Å². The maximum Gasteiger partial charge on any atom is 0.383 e. The lowest BCUT2D eigenvalue weighted by atomic mass is 9.98. The summed E-state index contributed by atoms with van der Waals surface area (Å²) >= 11 is 0. The maximum absolute atomic E-state index is 15.2. The fourth-order valence-electron chi connectivity index (χ4n) is 4.73. The first-order valence-corrected chi connectivity index (χ1v) is 14.6. The molecular formula is C32H38F2N6O5. The van der Waals surface area contributed by atoms with E-state index in [2.05, 4.69) is 10.3 Å². The third-order valence-electron chi connectivity index (χ3n) is 7.15. The number of nitrogens with zero attached hydrogens (tertiary/aromatic N) is 3. The van der Waals surface area contributed by atoms with Crippen molar-refractivity contribution in [2.75, 3.05) is 25.4 Å². The van der Waals surface area contributed by atoms with Crippen molar-refractivity contribution < 1.29 is 28.0 Å². The monoisotopic (exact) mass is 624 g/mol. The van der Waals surface area contributed by atoms with Crippen LogP contribution in [0.2, 0.25) is 0 Å². The smallest absolute Gasteiger partial charge is 0.383 e. The average molecular weight is 625 g/mol. The molecule has 0 saturated heterocycles. The number of benzene rings is 2. The minimum Gasteiger partial charge on any atom is -0.393 e. The predicted octanol–water partition coefficient (Wildman–Crippen LogP) is 2.50. The first kappa shape index (κ1) is 34.5. The summed E-state index contributed by atoms with van der Waals surface area (Å²) in [7, 11) is 0. The number of aromatic nitrogens is 2. The van der Waals surface area contributed by atoms with Crippen LogP contribution in [0.25, 0.3) is 11.4 Å². The van der Waals surface area contributed by atoms with Gasteiger partial charge in [-0.3, -0.25) is 28.5 Å². The molecule has 3 rings (SSSR count). The van der Waals surface area contributed by atoms with Gasteiger partial charge in [-0.05, 0) is 38.8 Å². The van der Waals surface area contributed by atoms with Crippen molar-refractivity contribution >= 4 is 29.2 Å². The van der Waals surface area contributed by atoms with Crippen molar-refractivity contribution in [3.05, 3.63) is 82.3 Å². The Morgan fingerprint density at radius 1 is 1.04 bits per heavy atom. The van der Waals surface area contributed by atoms with E-state index in [1.165, 1.54) is 0 Å². The summed E-state index contributed by atoms with van der Waals surface area (Å²) in [5, 5.41) is 4.32. The minimum atomic E-state index is -4.50. The molecule has 2 aromatic carbocycles. The van der Waals surface area contributed by atoms with Crippen molar-refractivity contribution in [1.29, 1.82) is 0 Å². The Labute approximate surface area is 259 Å². The SMILES string of the molecule is CCN(CC)C(=O)CCCNC(=O)C(F)(F)C(=O)C(Cc1ccccc1)NC(=O)Cn1c(-c2cccc(C)c2)ncc(N)c1=O. The fraction of sp³-hybridized carbons (Fsp3) is 0.375. The van der Waals surface area contributed by atoms with Gasteiger partial charge in [-0.15, -0.1) is 0 Å². The Hall–Kier alpha value is -4.94. The Balaban J connectivity index is 1.80. The van der Waals surface area contributed by atoms with E-state index < -0.39 is 41.7 Å². The van der Waals surface area contributed by atoms with Crippen LogP contribution in [0.3, 0.4) is 0 Å². The average Bonchev–Trinajstić information content (AvgIpc) is 3.02. The van der Waals surface area contributed by atoms with Gasteiger partial charge in [0.1, 0.15) is 18.1 Å². The molecule has 240 valence electrons. The van der Waals surface area contributed by atoms with E-state index >= 15 is 8.78 Å². The topological polar surface area (TPSA) is 156 Å². The number of carbonyl (C=O) groups excluding carboxylic acids is 4. The van der Waals surface area contributed by atoms with Crippen LogP contribution in [0, 0.1) is 6.92 Å². The molecule has 0 aliphatic rings. The number of nitrogens with one attached hydrogen (secondary N) is 2. The molecule has 3 amide bonds. The number of anilines is 1. The molecule has 13 heteroatoms. The number of halogens is 2. The first-order chi connectivity index (χ1) is 21.4. The predicted molar refractivity (Wildman–Crippen MR) is 165 cm³/mol. The van der Waals surface area contributed by atoms with Gasteiger partial charge in [0.2, 0.25) is 17.6 Å². The van der Waals surface area contributed by atoms with Crippen LogP contribution < -0.4 is 21.9 Å². The second-order valence-corrected chi connectivity index (χ2v) is 10.5. The number of hydrogen-bond acceptors (Lipinski definition) is 7. The number of Topliss-reactive ketones (excluding diaryl/α,β-unsaturated/α-hetero) is 1.